The van der Waals surface area contributed by atoms with Crippen LogP contribution in [0.3, 0.4) is 0 Å². The van der Waals surface area contributed by atoms with Crippen LogP contribution in [-0.4, -0.2) is 31.6 Å². The summed E-state index contributed by atoms with van der Waals surface area (Å²) in [6.07, 6.45) is 1.79. The minimum absolute atomic E-state index is 0.00426. The number of nitrogens with one attached hydrogen (secondary N) is 1. The van der Waals surface area contributed by atoms with Crippen molar-refractivity contribution in [1.29, 1.82) is 0 Å². The Morgan fingerprint density at radius 2 is 1.86 bits per heavy atom. The molecule has 2 amide bonds. The third-order valence-electron chi connectivity index (χ3n) is 4.73. The zero-order valence-electron chi connectivity index (χ0n) is 17.0. The predicted molar refractivity (Wildman–Crippen MR) is 112 cm³/mol. The van der Waals surface area contributed by atoms with E-state index in [0.29, 0.717) is 6.54 Å². The molecule has 0 bridgehead atoms. The van der Waals surface area contributed by atoms with Gasteiger partial charge in [0.15, 0.2) is 0 Å². The van der Waals surface area contributed by atoms with Gasteiger partial charge in [0.05, 0.1) is 6.26 Å². The molecule has 28 heavy (non-hydrogen) atoms. The van der Waals surface area contributed by atoms with Crippen LogP contribution in [0.1, 0.15) is 37.0 Å². The topological polar surface area (TPSA) is 75.7 Å². The molecule has 0 fully saturated rings. The first-order valence-corrected chi connectivity index (χ1v) is 11.0. The van der Waals surface area contributed by atoms with Gasteiger partial charge in [0, 0.05) is 18.3 Å². The molecule has 1 atom stereocenters. The number of urea groups is 1. The largest absolute Gasteiger partial charge is 0.383 e. The minimum Gasteiger partial charge on any atom is -0.383 e. The van der Waals surface area contributed by atoms with E-state index in [-0.39, 0.29) is 17.8 Å². The fourth-order valence-corrected chi connectivity index (χ4v) is 3.24. The Hall–Kier alpha value is -2.54. The molecule has 0 aliphatic rings. The molecule has 0 spiro atoms. The summed E-state index contributed by atoms with van der Waals surface area (Å²) in [5, 5.41) is 3.00. The first-order chi connectivity index (χ1) is 13.1. The molecule has 2 aromatic carbocycles. The SMILES string of the molecule is CCC(C)N(Cc1cccc(OS(C)(=O)=O)c1)C(=O)Nc1cccc(C)c1C. The Kier molecular flexibility index (Phi) is 7.07. The molecule has 0 saturated carbocycles. The Balaban J connectivity index is 2.23. The van der Waals surface area contributed by atoms with E-state index < -0.39 is 10.1 Å². The molecule has 0 aromatic heterocycles. The molecular formula is C21H28N2O4S. The van der Waals surface area contributed by atoms with Gasteiger partial charge in [-0.05, 0) is 62.1 Å². The third-order valence-corrected chi connectivity index (χ3v) is 5.22. The van der Waals surface area contributed by atoms with Crippen molar-refractivity contribution in [3.63, 3.8) is 0 Å². The maximum atomic E-state index is 13.0. The van der Waals surface area contributed by atoms with Crippen molar-refractivity contribution in [2.75, 3.05) is 11.6 Å². The number of hydrogen-bond acceptors (Lipinski definition) is 4. The van der Waals surface area contributed by atoms with Gasteiger partial charge in [-0.25, -0.2) is 4.79 Å². The number of benzene rings is 2. The van der Waals surface area contributed by atoms with Crippen LogP contribution in [0.2, 0.25) is 0 Å². The molecule has 0 aliphatic carbocycles. The number of hydrogen-bond donors (Lipinski definition) is 1. The van der Waals surface area contributed by atoms with Gasteiger partial charge in [-0.2, -0.15) is 8.42 Å². The summed E-state index contributed by atoms with van der Waals surface area (Å²) in [7, 11) is -3.60. The lowest BCUT2D eigenvalue weighted by atomic mass is 10.1. The number of rotatable bonds is 7. The van der Waals surface area contributed by atoms with Crippen molar-refractivity contribution in [2.45, 2.75) is 46.7 Å². The van der Waals surface area contributed by atoms with Gasteiger partial charge in [0.2, 0.25) is 0 Å². The molecule has 0 saturated heterocycles. The van der Waals surface area contributed by atoms with Gasteiger partial charge in [-0.3, -0.25) is 0 Å². The Bertz CT molecular complexity index is 941. The average Bonchev–Trinajstić information content (AvgIpc) is 2.61. The number of carbonyl (C=O) groups excluding carboxylic acids is 1. The average molecular weight is 405 g/mol. The molecule has 7 heteroatoms. The molecule has 152 valence electrons. The molecule has 0 radical (unpaired) electrons. The van der Waals surface area contributed by atoms with Crippen molar-refractivity contribution in [3.8, 4) is 5.75 Å². The zero-order chi connectivity index (χ0) is 20.9. The number of aryl methyl sites for hydroxylation is 1. The Morgan fingerprint density at radius 1 is 1.18 bits per heavy atom. The van der Waals surface area contributed by atoms with Crippen LogP contribution in [0.5, 0.6) is 5.75 Å². The van der Waals surface area contributed by atoms with Gasteiger partial charge in [-0.1, -0.05) is 31.2 Å². The molecular weight excluding hydrogens is 376 g/mol. The zero-order valence-corrected chi connectivity index (χ0v) is 17.8. The lowest BCUT2D eigenvalue weighted by Gasteiger charge is -2.29. The quantitative estimate of drug-likeness (QED) is 0.691. The number of amides is 2. The molecule has 2 aromatic rings. The van der Waals surface area contributed by atoms with Crippen molar-refractivity contribution in [1.82, 2.24) is 4.90 Å². The number of carbonyl (C=O) groups is 1. The fourth-order valence-electron chi connectivity index (χ4n) is 2.79. The van der Waals surface area contributed by atoms with E-state index >= 15 is 0 Å². The van der Waals surface area contributed by atoms with Gasteiger partial charge < -0.3 is 14.4 Å². The lowest BCUT2D eigenvalue weighted by Crippen LogP contribution is -2.40. The van der Waals surface area contributed by atoms with Gasteiger partial charge in [-0.15, -0.1) is 0 Å². The molecule has 1 unspecified atom stereocenters. The Morgan fingerprint density at radius 3 is 2.50 bits per heavy atom. The van der Waals surface area contributed by atoms with Crippen LogP contribution in [0, 0.1) is 13.8 Å². The van der Waals surface area contributed by atoms with Gasteiger partial charge in [0.1, 0.15) is 5.75 Å². The molecule has 0 aliphatic heterocycles. The molecule has 1 N–H and O–H groups in total. The highest BCUT2D eigenvalue weighted by molar-refractivity contribution is 7.86. The summed E-state index contributed by atoms with van der Waals surface area (Å²) in [6.45, 7) is 8.33. The van der Waals surface area contributed by atoms with Crippen LogP contribution < -0.4 is 9.50 Å². The van der Waals surface area contributed by atoms with E-state index in [1.165, 1.54) is 0 Å². The van der Waals surface area contributed by atoms with E-state index in [2.05, 4.69) is 5.32 Å². The van der Waals surface area contributed by atoms with Crippen LogP contribution >= 0.6 is 0 Å². The van der Waals surface area contributed by atoms with E-state index in [1.807, 2.05) is 52.0 Å². The van der Waals surface area contributed by atoms with Gasteiger partial charge in [0.25, 0.3) is 0 Å². The third kappa shape index (κ3) is 5.99. The van der Waals surface area contributed by atoms with E-state index in [0.717, 1.165) is 35.1 Å². The van der Waals surface area contributed by atoms with Crippen LogP contribution in [0.25, 0.3) is 0 Å². The first kappa shape index (κ1) is 21.8. The highest BCUT2D eigenvalue weighted by Crippen LogP contribution is 2.21. The summed E-state index contributed by atoms with van der Waals surface area (Å²) in [6, 6.07) is 12.4. The maximum Gasteiger partial charge on any atom is 0.322 e. The summed E-state index contributed by atoms with van der Waals surface area (Å²) >= 11 is 0. The summed E-state index contributed by atoms with van der Waals surface area (Å²) < 4.78 is 27.7. The highest BCUT2D eigenvalue weighted by Gasteiger charge is 2.20. The first-order valence-electron chi connectivity index (χ1n) is 9.23. The van der Waals surface area contributed by atoms with Crippen molar-refractivity contribution >= 4 is 21.8 Å². The summed E-state index contributed by atoms with van der Waals surface area (Å²) in [5.74, 6) is 0.235. The maximum absolute atomic E-state index is 13.0. The van der Waals surface area contributed by atoms with Crippen molar-refractivity contribution < 1.29 is 17.4 Å². The lowest BCUT2D eigenvalue weighted by molar-refractivity contribution is 0.187. The van der Waals surface area contributed by atoms with Crippen LogP contribution in [-0.2, 0) is 16.7 Å². The standard InChI is InChI=1S/C21H28N2O4S/c1-6-16(3)23(21(24)22-20-12-7-9-15(2)17(20)4)14-18-10-8-11-19(13-18)27-28(5,25)26/h7-13,16H,6,14H2,1-5H3,(H,22,24). The van der Waals surface area contributed by atoms with Crippen LogP contribution in [0.4, 0.5) is 10.5 Å². The van der Waals surface area contributed by atoms with Crippen molar-refractivity contribution in [3.05, 3.63) is 59.2 Å². The second kappa shape index (κ2) is 9.10. The Labute approximate surface area is 167 Å². The molecule has 2 rings (SSSR count). The molecule has 0 heterocycles. The highest BCUT2D eigenvalue weighted by atomic mass is 32.2. The van der Waals surface area contributed by atoms with Crippen LogP contribution in [0.15, 0.2) is 42.5 Å². The summed E-state index contributed by atoms with van der Waals surface area (Å²) in [4.78, 5) is 14.7. The second-order valence-electron chi connectivity index (χ2n) is 7.00. The smallest absolute Gasteiger partial charge is 0.322 e. The van der Waals surface area contributed by atoms with E-state index in [4.69, 9.17) is 4.18 Å². The van der Waals surface area contributed by atoms with Crippen molar-refractivity contribution in [2.24, 2.45) is 0 Å². The fraction of sp³-hybridized carbons (Fsp3) is 0.381. The molecule has 6 nitrogen and oxygen atoms in total. The van der Waals surface area contributed by atoms with E-state index in [9.17, 15) is 13.2 Å². The van der Waals surface area contributed by atoms with E-state index in [1.54, 1.807) is 23.1 Å². The predicted octanol–water partition coefficient (Wildman–Crippen LogP) is 4.47. The number of anilines is 1. The minimum atomic E-state index is -3.60. The number of nitrogens with zero attached hydrogens (tertiary/aromatic N) is 1. The van der Waals surface area contributed by atoms with Gasteiger partial charge >= 0.3 is 16.1 Å². The normalized spacial score (nSPS) is 12.3. The second-order valence-corrected chi connectivity index (χ2v) is 8.57. The summed E-state index contributed by atoms with van der Waals surface area (Å²) in [5.41, 5.74) is 3.71. The monoisotopic (exact) mass is 404 g/mol.